The summed E-state index contributed by atoms with van der Waals surface area (Å²) in [7, 11) is 1.56. The second-order valence-corrected chi connectivity index (χ2v) is 6.61. The van der Waals surface area contributed by atoms with Crippen molar-refractivity contribution in [2.45, 2.75) is 26.8 Å². The van der Waals surface area contributed by atoms with Gasteiger partial charge in [0.15, 0.2) is 5.78 Å². The molecule has 0 saturated carbocycles. The van der Waals surface area contributed by atoms with Gasteiger partial charge in [0.05, 0.1) is 12.6 Å². The van der Waals surface area contributed by atoms with E-state index in [2.05, 4.69) is 5.32 Å². The normalized spacial score (nSPS) is 10.7. The number of carbonyl (C=O) groups excluding carboxylic acids is 2. The molecule has 0 fully saturated rings. The number of nitrogens with one attached hydrogen (secondary N) is 1. The van der Waals surface area contributed by atoms with E-state index in [0.717, 1.165) is 10.9 Å². The minimum Gasteiger partial charge on any atom is -0.495 e. The minimum atomic E-state index is -0.217. The molecule has 0 spiro atoms. The number of nitrogens with zero attached hydrogens (tertiary/aromatic N) is 1. The van der Waals surface area contributed by atoms with Crippen LogP contribution < -0.4 is 15.6 Å². The van der Waals surface area contributed by atoms with Gasteiger partial charge in [-0.3, -0.25) is 14.4 Å². The fourth-order valence-electron chi connectivity index (χ4n) is 3.18. The van der Waals surface area contributed by atoms with Gasteiger partial charge in [0.25, 0.3) is 5.56 Å². The Balaban J connectivity index is 1.80. The van der Waals surface area contributed by atoms with Gasteiger partial charge in [-0.1, -0.05) is 12.1 Å². The second-order valence-electron chi connectivity index (χ2n) is 6.61. The van der Waals surface area contributed by atoms with Crippen LogP contribution in [0.5, 0.6) is 5.75 Å². The van der Waals surface area contributed by atoms with Gasteiger partial charge in [0, 0.05) is 35.7 Å². The lowest BCUT2D eigenvalue weighted by atomic mass is 10.1. The van der Waals surface area contributed by atoms with Crippen LogP contribution in [-0.2, 0) is 11.3 Å². The number of hydrogen-bond donors (Lipinski definition) is 1. The van der Waals surface area contributed by atoms with Gasteiger partial charge in [-0.25, -0.2) is 0 Å². The molecule has 0 atom stereocenters. The van der Waals surface area contributed by atoms with Gasteiger partial charge in [-0.2, -0.15) is 0 Å². The molecule has 3 rings (SSSR count). The number of para-hydroxylation sites is 1. The van der Waals surface area contributed by atoms with E-state index in [4.69, 9.17) is 4.74 Å². The van der Waals surface area contributed by atoms with Crippen molar-refractivity contribution in [3.63, 3.8) is 0 Å². The largest absolute Gasteiger partial charge is 0.495 e. The van der Waals surface area contributed by atoms with Crippen molar-refractivity contribution < 1.29 is 14.3 Å². The smallest absolute Gasteiger partial charge is 0.251 e. The van der Waals surface area contributed by atoms with Crippen LogP contribution in [0.3, 0.4) is 0 Å². The highest BCUT2D eigenvalue weighted by Gasteiger charge is 2.13. The molecule has 0 unspecified atom stereocenters. The Morgan fingerprint density at radius 1 is 1.11 bits per heavy atom. The maximum atomic E-state index is 12.5. The quantitative estimate of drug-likeness (QED) is 0.666. The number of fused-ring (bicyclic) bond motifs is 1. The number of benzene rings is 2. The monoisotopic (exact) mass is 378 g/mol. The van der Waals surface area contributed by atoms with Crippen LogP contribution in [0.1, 0.15) is 29.3 Å². The topological polar surface area (TPSA) is 77.4 Å². The van der Waals surface area contributed by atoms with E-state index < -0.39 is 0 Å². The number of pyridine rings is 1. The maximum absolute atomic E-state index is 12.5. The van der Waals surface area contributed by atoms with Gasteiger partial charge >= 0.3 is 0 Å². The molecule has 28 heavy (non-hydrogen) atoms. The van der Waals surface area contributed by atoms with Gasteiger partial charge in [-0.15, -0.1) is 0 Å². The average molecular weight is 378 g/mol. The first kappa shape index (κ1) is 19.4. The van der Waals surface area contributed by atoms with Crippen LogP contribution in [0.15, 0.2) is 53.3 Å². The van der Waals surface area contributed by atoms with Crippen LogP contribution >= 0.6 is 0 Å². The summed E-state index contributed by atoms with van der Waals surface area (Å²) in [5, 5.41) is 3.70. The van der Waals surface area contributed by atoms with Crippen molar-refractivity contribution in [2.24, 2.45) is 0 Å². The van der Waals surface area contributed by atoms with Crippen LogP contribution in [0.25, 0.3) is 10.9 Å². The Morgan fingerprint density at radius 2 is 1.82 bits per heavy atom. The molecule has 6 heteroatoms. The minimum absolute atomic E-state index is 0.0301. The van der Waals surface area contributed by atoms with Crippen molar-refractivity contribution in [3.05, 3.63) is 70.0 Å². The van der Waals surface area contributed by atoms with Crippen LogP contribution in [0, 0.1) is 6.92 Å². The SMILES string of the molecule is COc1cccc2c(C)cc(=O)n(CCC(=O)Nc3ccc(C(C)=O)cc3)c12. The van der Waals surface area contributed by atoms with E-state index in [9.17, 15) is 14.4 Å². The van der Waals surface area contributed by atoms with Gasteiger partial charge < -0.3 is 14.6 Å². The Bertz CT molecular complexity index is 1100. The first-order valence-corrected chi connectivity index (χ1v) is 8.98. The van der Waals surface area contributed by atoms with Gasteiger partial charge in [0.2, 0.25) is 5.91 Å². The highest BCUT2D eigenvalue weighted by Crippen LogP contribution is 2.26. The van der Waals surface area contributed by atoms with E-state index in [1.54, 1.807) is 48.1 Å². The predicted molar refractivity (Wildman–Crippen MR) is 109 cm³/mol. The zero-order chi connectivity index (χ0) is 20.3. The van der Waals surface area contributed by atoms with Gasteiger partial charge in [0.1, 0.15) is 5.75 Å². The lowest BCUT2D eigenvalue weighted by Crippen LogP contribution is -2.24. The highest BCUT2D eigenvalue weighted by molar-refractivity contribution is 5.95. The second kappa shape index (κ2) is 8.08. The Morgan fingerprint density at radius 3 is 2.46 bits per heavy atom. The number of anilines is 1. The molecule has 3 aromatic rings. The number of amides is 1. The van der Waals surface area contributed by atoms with E-state index in [-0.39, 0.29) is 30.2 Å². The zero-order valence-corrected chi connectivity index (χ0v) is 16.1. The molecule has 0 aliphatic heterocycles. The zero-order valence-electron chi connectivity index (χ0n) is 16.1. The first-order valence-electron chi connectivity index (χ1n) is 8.98. The third-order valence-electron chi connectivity index (χ3n) is 4.66. The van der Waals surface area contributed by atoms with Crippen LogP contribution in [-0.4, -0.2) is 23.4 Å². The molecule has 6 nitrogen and oxygen atoms in total. The molecule has 0 aliphatic carbocycles. The van der Waals surface area contributed by atoms with Gasteiger partial charge in [-0.05, 0) is 49.7 Å². The van der Waals surface area contributed by atoms with Crippen molar-refractivity contribution >= 4 is 28.3 Å². The Labute approximate surface area is 162 Å². The fraction of sp³-hybridized carbons (Fsp3) is 0.227. The van der Waals surface area contributed by atoms with Crippen molar-refractivity contribution in [1.29, 1.82) is 0 Å². The number of methoxy groups -OCH3 is 1. The number of aromatic nitrogens is 1. The standard InChI is InChI=1S/C22H22N2O4/c1-14-13-21(27)24(22-18(14)5-4-6-19(22)28-3)12-11-20(26)23-17-9-7-16(8-10-17)15(2)25/h4-10,13H,11-12H2,1-3H3,(H,23,26). The van der Waals surface area contributed by atoms with E-state index >= 15 is 0 Å². The van der Waals surface area contributed by atoms with Crippen molar-refractivity contribution in [3.8, 4) is 5.75 Å². The number of Topliss-reactive ketones (excluding diaryl/α,β-unsaturated/α-hetero) is 1. The summed E-state index contributed by atoms with van der Waals surface area (Å²) in [6, 6.07) is 13.9. The third kappa shape index (κ3) is 3.96. The van der Waals surface area contributed by atoms with Crippen LogP contribution in [0.2, 0.25) is 0 Å². The van der Waals surface area contributed by atoms with Crippen molar-refractivity contribution in [1.82, 2.24) is 4.57 Å². The lowest BCUT2D eigenvalue weighted by Gasteiger charge is -2.15. The summed E-state index contributed by atoms with van der Waals surface area (Å²) in [6.07, 6.45) is 0.130. The maximum Gasteiger partial charge on any atom is 0.251 e. The molecule has 0 saturated heterocycles. The molecule has 0 bridgehead atoms. The molecule has 0 radical (unpaired) electrons. The van der Waals surface area contributed by atoms with E-state index in [1.807, 2.05) is 19.1 Å². The highest BCUT2D eigenvalue weighted by atomic mass is 16.5. The molecular weight excluding hydrogens is 356 g/mol. The molecule has 1 heterocycles. The molecule has 0 aliphatic rings. The number of carbonyl (C=O) groups is 2. The number of ether oxygens (including phenoxy) is 1. The van der Waals surface area contributed by atoms with E-state index in [0.29, 0.717) is 22.5 Å². The molecule has 1 N–H and O–H groups in total. The molecule has 144 valence electrons. The molecular formula is C22H22N2O4. The molecule has 2 aromatic carbocycles. The Hall–Kier alpha value is -3.41. The number of rotatable bonds is 6. The summed E-state index contributed by atoms with van der Waals surface area (Å²) in [5.41, 5.74) is 2.57. The van der Waals surface area contributed by atoms with E-state index in [1.165, 1.54) is 6.92 Å². The van der Waals surface area contributed by atoms with Crippen molar-refractivity contribution in [2.75, 3.05) is 12.4 Å². The third-order valence-corrected chi connectivity index (χ3v) is 4.66. The number of aryl methyl sites for hydroxylation is 2. The fourth-order valence-corrected chi connectivity index (χ4v) is 3.18. The summed E-state index contributed by atoms with van der Waals surface area (Å²) < 4.78 is 6.99. The predicted octanol–water partition coefficient (Wildman–Crippen LogP) is 3.55. The lowest BCUT2D eigenvalue weighted by molar-refractivity contribution is -0.116. The number of ketones is 1. The molecule has 1 aromatic heterocycles. The number of hydrogen-bond acceptors (Lipinski definition) is 4. The summed E-state index contributed by atoms with van der Waals surface area (Å²) in [4.78, 5) is 36.2. The summed E-state index contributed by atoms with van der Waals surface area (Å²) >= 11 is 0. The first-order chi connectivity index (χ1) is 13.4. The van der Waals surface area contributed by atoms with Crippen LogP contribution in [0.4, 0.5) is 5.69 Å². The Kier molecular flexibility index (Phi) is 5.59. The molecule has 1 amide bonds. The summed E-state index contributed by atoms with van der Waals surface area (Å²) in [5.74, 6) is 0.349. The summed E-state index contributed by atoms with van der Waals surface area (Å²) in [6.45, 7) is 3.60. The average Bonchev–Trinajstić information content (AvgIpc) is 2.67.